The maximum absolute atomic E-state index is 15.8. The first-order chi connectivity index (χ1) is 22.0. The summed E-state index contributed by atoms with van der Waals surface area (Å²) in [6, 6.07) is 11.0. The second-order valence-corrected chi connectivity index (χ2v) is 13.4. The molecule has 2 atom stereocenters. The summed E-state index contributed by atoms with van der Waals surface area (Å²) in [5.41, 5.74) is 0.744. The van der Waals surface area contributed by atoms with Gasteiger partial charge in [0.05, 0.1) is 17.8 Å². The number of aromatic nitrogens is 5. The molecule has 0 spiro atoms. The molecule has 5 aromatic rings. The zero-order valence-electron chi connectivity index (χ0n) is 25.9. The van der Waals surface area contributed by atoms with E-state index in [1.165, 1.54) is 33.1 Å². The number of benzene rings is 1. The van der Waals surface area contributed by atoms with Gasteiger partial charge in [-0.15, -0.1) is 16.4 Å². The van der Waals surface area contributed by atoms with Gasteiger partial charge in [0.25, 0.3) is 5.91 Å². The molecule has 13 heteroatoms. The third-order valence-corrected chi connectivity index (χ3v) is 8.82. The number of aliphatic hydroxyl groups is 1. The molecule has 6 rings (SSSR count). The first-order valence-electron chi connectivity index (χ1n) is 14.9. The molecule has 0 radical (unpaired) electrons. The average Bonchev–Trinajstić information content (AvgIpc) is 3.67. The Morgan fingerprint density at radius 2 is 2.00 bits per heavy atom. The van der Waals surface area contributed by atoms with E-state index in [-0.39, 0.29) is 12.1 Å². The Balaban J connectivity index is 1.41. The van der Waals surface area contributed by atoms with E-state index < -0.39 is 35.6 Å². The molecule has 46 heavy (non-hydrogen) atoms. The fourth-order valence-electron chi connectivity index (χ4n) is 5.55. The lowest BCUT2D eigenvalue weighted by molar-refractivity contribution is 0.0196. The minimum absolute atomic E-state index is 0.147. The number of aryl methyl sites for hydroxylation is 1. The Hall–Kier alpha value is -4.75. The number of carbonyl (C=O) groups excluding carboxylic acids is 2. The molecule has 1 aliphatic heterocycles. The molecule has 2 amide bonds. The number of hydrogen-bond donors (Lipinski definition) is 1. The number of anilines is 1. The van der Waals surface area contributed by atoms with Gasteiger partial charge in [-0.05, 0) is 63.9 Å². The van der Waals surface area contributed by atoms with Crippen molar-refractivity contribution in [2.75, 3.05) is 18.0 Å². The summed E-state index contributed by atoms with van der Waals surface area (Å²) >= 11 is 1.37. The number of hydrogen-bond acceptors (Lipinski definition) is 9. The molecule has 1 saturated heterocycles. The highest BCUT2D eigenvalue weighted by Gasteiger charge is 2.36. The normalized spacial score (nSPS) is 16.0. The maximum Gasteiger partial charge on any atom is 0.410 e. The molecule has 0 aliphatic carbocycles. The summed E-state index contributed by atoms with van der Waals surface area (Å²) in [6.45, 7) is 6.04. The van der Waals surface area contributed by atoms with Crippen LogP contribution in [0.3, 0.4) is 0 Å². The smallest absolute Gasteiger partial charge is 0.410 e. The van der Waals surface area contributed by atoms with Gasteiger partial charge in [-0.1, -0.05) is 17.3 Å². The lowest BCUT2D eigenvalue weighted by Crippen LogP contribution is -2.53. The summed E-state index contributed by atoms with van der Waals surface area (Å²) in [6.07, 6.45) is 6.23. The zero-order chi connectivity index (χ0) is 32.6. The molecule has 1 fully saturated rings. The summed E-state index contributed by atoms with van der Waals surface area (Å²) < 4.78 is 23.7. The van der Waals surface area contributed by atoms with Crippen LogP contribution in [-0.2, 0) is 11.8 Å². The number of pyridine rings is 2. The van der Waals surface area contributed by atoms with E-state index in [4.69, 9.17) is 4.74 Å². The van der Waals surface area contributed by atoms with E-state index in [0.29, 0.717) is 52.3 Å². The summed E-state index contributed by atoms with van der Waals surface area (Å²) in [4.78, 5) is 40.0. The van der Waals surface area contributed by atoms with Crippen molar-refractivity contribution in [3.8, 4) is 11.3 Å². The maximum atomic E-state index is 15.8. The van der Waals surface area contributed by atoms with Crippen molar-refractivity contribution in [3.05, 3.63) is 89.1 Å². The van der Waals surface area contributed by atoms with Crippen molar-refractivity contribution >= 4 is 39.2 Å². The fourth-order valence-corrected chi connectivity index (χ4v) is 6.61. The number of amides is 2. The Morgan fingerprint density at radius 1 is 1.17 bits per heavy atom. The molecule has 1 aliphatic rings. The van der Waals surface area contributed by atoms with Crippen LogP contribution in [0.1, 0.15) is 60.5 Å². The van der Waals surface area contributed by atoms with Gasteiger partial charge in [0.1, 0.15) is 29.0 Å². The topological polar surface area (TPSA) is 127 Å². The highest BCUT2D eigenvalue weighted by atomic mass is 32.1. The predicted octanol–water partition coefficient (Wildman–Crippen LogP) is 5.75. The molecule has 4 aromatic heterocycles. The first kappa shape index (κ1) is 31.2. The van der Waals surface area contributed by atoms with Gasteiger partial charge in [-0.3, -0.25) is 19.4 Å². The van der Waals surface area contributed by atoms with Crippen molar-refractivity contribution in [1.82, 2.24) is 29.9 Å². The highest BCUT2D eigenvalue weighted by Crippen LogP contribution is 2.38. The number of aliphatic hydroxyl groups excluding tert-OH is 1. The molecule has 1 aromatic carbocycles. The molecular formula is C33H34FN7O4S. The van der Waals surface area contributed by atoms with Crippen LogP contribution in [0.4, 0.5) is 15.0 Å². The van der Waals surface area contributed by atoms with Gasteiger partial charge in [-0.25, -0.2) is 14.2 Å². The van der Waals surface area contributed by atoms with E-state index in [2.05, 4.69) is 20.3 Å². The van der Waals surface area contributed by atoms with Gasteiger partial charge in [0.15, 0.2) is 0 Å². The molecule has 238 valence electrons. The third-order valence-electron chi connectivity index (χ3n) is 7.67. The molecule has 0 bridgehead atoms. The number of carbonyl (C=O) groups is 2. The first-order valence-corrected chi connectivity index (χ1v) is 15.7. The lowest BCUT2D eigenvalue weighted by Gasteiger charge is -2.39. The van der Waals surface area contributed by atoms with E-state index in [1.807, 2.05) is 12.1 Å². The minimum atomic E-state index is -0.938. The van der Waals surface area contributed by atoms with Crippen molar-refractivity contribution in [3.63, 3.8) is 0 Å². The van der Waals surface area contributed by atoms with Crippen molar-refractivity contribution < 1.29 is 23.8 Å². The molecule has 11 nitrogen and oxygen atoms in total. The van der Waals surface area contributed by atoms with Crippen LogP contribution in [-0.4, -0.2) is 71.7 Å². The number of thiophene rings is 1. The third kappa shape index (κ3) is 6.46. The highest BCUT2D eigenvalue weighted by molar-refractivity contribution is 7.19. The monoisotopic (exact) mass is 643 g/mol. The molecule has 1 unspecified atom stereocenters. The molecule has 0 saturated carbocycles. The molecular weight excluding hydrogens is 609 g/mol. The number of likely N-dealkylation sites (tertiary alicyclic amines) is 1. The Morgan fingerprint density at radius 3 is 2.70 bits per heavy atom. The van der Waals surface area contributed by atoms with E-state index in [0.717, 1.165) is 4.70 Å². The van der Waals surface area contributed by atoms with Gasteiger partial charge in [-0.2, -0.15) is 0 Å². The van der Waals surface area contributed by atoms with Crippen molar-refractivity contribution in [1.29, 1.82) is 0 Å². The average molecular weight is 644 g/mol. The predicted molar refractivity (Wildman–Crippen MR) is 172 cm³/mol. The van der Waals surface area contributed by atoms with Gasteiger partial charge in [0.2, 0.25) is 0 Å². The van der Waals surface area contributed by atoms with Crippen LogP contribution in [0.15, 0.2) is 67.3 Å². The van der Waals surface area contributed by atoms with E-state index in [9.17, 15) is 14.7 Å². The van der Waals surface area contributed by atoms with Crippen LogP contribution in [0.25, 0.3) is 21.3 Å². The van der Waals surface area contributed by atoms with Crippen LogP contribution in [0.2, 0.25) is 0 Å². The van der Waals surface area contributed by atoms with Crippen LogP contribution >= 0.6 is 11.3 Å². The van der Waals surface area contributed by atoms with Crippen molar-refractivity contribution in [2.45, 2.75) is 51.4 Å². The number of piperidine rings is 1. The fraction of sp³-hybridized carbons (Fsp3) is 0.333. The number of rotatable bonds is 6. The molecule has 1 N–H and O–H groups in total. The van der Waals surface area contributed by atoms with E-state index >= 15 is 4.39 Å². The molecule has 5 heterocycles. The van der Waals surface area contributed by atoms with Crippen LogP contribution < -0.4 is 4.90 Å². The largest absolute Gasteiger partial charge is 0.444 e. The number of fused-ring (bicyclic) bond motifs is 1. The van der Waals surface area contributed by atoms with Crippen LogP contribution in [0.5, 0.6) is 0 Å². The summed E-state index contributed by atoms with van der Waals surface area (Å²) in [5.74, 6) is -1.00. The van der Waals surface area contributed by atoms with Crippen LogP contribution in [0, 0.1) is 5.82 Å². The Bertz CT molecular complexity index is 1890. The van der Waals surface area contributed by atoms with Gasteiger partial charge in [0, 0.05) is 64.8 Å². The lowest BCUT2D eigenvalue weighted by atomic mass is 10.0. The Kier molecular flexibility index (Phi) is 8.53. The van der Waals surface area contributed by atoms with E-state index in [1.54, 1.807) is 75.7 Å². The second kappa shape index (κ2) is 12.6. The number of halogens is 1. The zero-order valence-corrected chi connectivity index (χ0v) is 26.7. The minimum Gasteiger partial charge on any atom is -0.444 e. The number of ether oxygens (including phenoxy) is 1. The Labute approximate surface area is 269 Å². The van der Waals surface area contributed by atoms with Gasteiger partial charge < -0.3 is 14.7 Å². The SMILES string of the molecule is Cn1cc(-c2ccc(C(=O)N(c3nccc4sc(C(O)c5cccnc5)cc34)[C@@H]3CCCN(C(=O)OC(C)(C)C)C3)c(F)c2)nn1. The van der Waals surface area contributed by atoms with Crippen molar-refractivity contribution in [2.24, 2.45) is 7.05 Å². The standard InChI is InChI=1S/C33H34FN7O4S/c1-33(2,3)45-32(44)40-14-6-8-22(18-40)41(31(43)23-10-9-20(15-25(23)34)26-19-39(4)38-37-26)30-24-16-28(46-27(24)11-13-36-30)29(42)21-7-5-12-35-17-21/h5,7,9-13,15-17,19,22,29,42H,6,8,14,18H2,1-4H3/t22-,29?/m1/s1. The summed E-state index contributed by atoms with van der Waals surface area (Å²) in [7, 11) is 1.71. The quantitative estimate of drug-likeness (QED) is 0.248. The second-order valence-electron chi connectivity index (χ2n) is 12.3. The van der Waals surface area contributed by atoms with Gasteiger partial charge >= 0.3 is 6.09 Å². The number of nitrogens with zero attached hydrogens (tertiary/aromatic N) is 7. The summed E-state index contributed by atoms with van der Waals surface area (Å²) in [5, 5.41) is 19.7.